The van der Waals surface area contributed by atoms with Gasteiger partial charge in [-0.25, -0.2) is 0 Å². The molecule has 0 spiro atoms. The van der Waals surface area contributed by atoms with Crippen LogP contribution in [0.1, 0.15) is 348 Å². The quantitative estimate of drug-likeness (QED) is 0.0553. The van der Waals surface area contributed by atoms with Gasteiger partial charge in [-0.1, -0.05) is 329 Å². The van der Waals surface area contributed by atoms with Crippen molar-refractivity contribution in [1.82, 2.24) is 4.90 Å². The minimum absolute atomic E-state index is 1.37. The molecule has 0 N–H and O–H groups in total. The van der Waals surface area contributed by atoms with Gasteiger partial charge in [0.05, 0.1) is 0 Å². The lowest BCUT2D eigenvalue weighted by Crippen LogP contribution is -2.27. The van der Waals surface area contributed by atoms with Crippen molar-refractivity contribution < 1.29 is 0 Å². The molecule has 58 heavy (non-hydrogen) atoms. The molecule has 0 aliphatic heterocycles. The Labute approximate surface area is 371 Å². The smallest absolute Gasteiger partial charge is 0.00187 e. The molecule has 0 heterocycles. The van der Waals surface area contributed by atoms with Crippen LogP contribution in [0.2, 0.25) is 0 Å². The summed E-state index contributed by atoms with van der Waals surface area (Å²) >= 11 is 0. The van der Waals surface area contributed by atoms with Gasteiger partial charge < -0.3 is 4.90 Å². The van der Waals surface area contributed by atoms with E-state index in [1.807, 2.05) is 0 Å². The number of nitrogens with zero attached hydrogens (tertiary/aromatic N) is 1. The van der Waals surface area contributed by atoms with E-state index in [0.29, 0.717) is 0 Å². The average molecular weight is 817 g/mol. The SMILES string of the molecule is CCCCCCCCCCCCCCCCCCCN(CCCCCCCCCCCCCCCCCCC)CCCCCCCCCCCCCCCCCCC. The molecule has 0 aromatic rings. The molecule has 0 radical (unpaired) electrons. The Hall–Kier alpha value is -0.0400. The summed E-state index contributed by atoms with van der Waals surface area (Å²) in [5, 5.41) is 0. The lowest BCUT2D eigenvalue weighted by Gasteiger charge is -2.22. The van der Waals surface area contributed by atoms with E-state index in [1.54, 1.807) is 0 Å². The van der Waals surface area contributed by atoms with E-state index in [2.05, 4.69) is 25.7 Å². The third-order valence-electron chi connectivity index (χ3n) is 13.7. The van der Waals surface area contributed by atoms with Gasteiger partial charge in [0.1, 0.15) is 0 Å². The Morgan fingerprint density at radius 1 is 0.138 bits per heavy atom. The predicted octanol–water partition coefficient (Wildman–Crippen LogP) is 21.2. The first kappa shape index (κ1) is 58.0. The normalized spacial score (nSPS) is 11.8. The molecule has 0 fully saturated rings. The van der Waals surface area contributed by atoms with Crippen LogP contribution in [0.5, 0.6) is 0 Å². The van der Waals surface area contributed by atoms with Crippen LogP contribution in [0.3, 0.4) is 0 Å². The molecule has 0 bridgehead atoms. The molecule has 0 atom stereocenters. The largest absolute Gasteiger partial charge is 0.303 e. The van der Waals surface area contributed by atoms with Crippen LogP contribution in [0.15, 0.2) is 0 Å². The zero-order valence-corrected chi connectivity index (χ0v) is 41.6. The van der Waals surface area contributed by atoms with Gasteiger partial charge in [0.15, 0.2) is 0 Å². The summed E-state index contributed by atoms with van der Waals surface area (Å²) in [4.78, 5) is 2.89. The van der Waals surface area contributed by atoms with E-state index in [9.17, 15) is 0 Å². The highest BCUT2D eigenvalue weighted by molar-refractivity contribution is 4.61. The van der Waals surface area contributed by atoms with E-state index >= 15 is 0 Å². The highest BCUT2D eigenvalue weighted by Gasteiger charge is 2.06. The lowest BCUT2D eigenvalue weighted by atomic mass is 10.0. The van der Waals surface area contributed by atoms with Crippen molar-refractivity contribution in [2.75, 3.05) is 19.6 Å². The fraction of sp³-hybridized carbons (Fsp3) is 1.00. The molecular weight excluding hydrogens is 699 g/mol. The lowest BCUT2D eigenvalue weighted by molar-refractivity contribution is 0.254. The van der Waals surface area contributed by atoms with Gasteiger partial charge in [-0.15, -0.1) is 0 Å². The molecule has 1 nitrogen and oxygen atoms in total. The molecule has 0 saturated heterocycles. The van der Waals surface area contributed by atoms with Crippen LogP contribution in [0, 0.1) is 0 Å². The predicted molar refractivity (Wildman–Crippen MR) is 269 cm³/mol. The van der Waals surface area contributed by atoms with Gasteiger partial charge >= 0.3 is 0 Å². The minimum atomic E-state index is 1.37. The Bertz CT molecular complexity index is 582. The highest BCUT2D eigenvalue weighted by Crippen LogP contribution is 2.18. The summed E-state index contributed by atoms with van der Waals surface area (Å²) in [6, 6.07) is 0. The maximum absolute atomic E-state index is 2.89. The Balaban J connectivity index is 3.95. The van der Waals surface area contributed by atoms with Crippen LogP contribution in [0.25, 0.3) is 0 Å². The van der Waals surface area contributed by atoms with E-state index in [1.165, 1.54) is 347 Å². The summed E-state index contributed by atoms with van der Waals surface area (Å²) in [5.74, 6) is 0. The number of hydrogen-bond donors (Lipinski definition) is 0. The molecule has 0 unspecified atom stereocenters. The molecule has 350 valence electrons. The van der Waals surface area contributed by atoms with Crippen molar-refractivity contribution in [1.29, 1.82) is 0 Å². The van der Waals surface area contributed by atoms with Crippen molar-refractivity contribution in [3.63, 3.8) is 0 Å². The third-order valence-corrected chi connectivity index (χ3v) is 13.7. The highest BCUT2D eigenvalue weighted by atomic mass is 15.1. The maximum Gasteiger partial charge on any atom is -0.00187 e. The number of hydrogen-bond acceptors (Lipinski definition) is 1. The van der Waals surface area contributed by atoms with Gasteiger partial charge in [0, 0.05) is 0 Å². The zero-order valence-electron chi connectivity index (χ0n) is 41.6. The van der Waals surface area contributed by atoms with Gasteiger partial charge in [0.25, 0.3) is 0 Å². The average Bonchev–Trinajstić information content (AvgIpc) is 3.23. The second-order valence-electron chi connectivity index (χ2n) is 19.8. The second-order valence-corrected chi connectivity index (χ2v) is 19.8. The van der Waals surface area contributed by atoms with Gasteiger partial charge in [-0.05, 0) is 38.9 Å². The van der Waals surface area contributed by atoms with Crippen LogP contribution < -0.4 is 0 Å². The first-order valence-electron chi connectivity index (χ1n) is 28.6. The van der Waals surface area contributed by atoms with Crippen molar-refractivity contribution in [3.8, 4) is 0 Å². The first-order valence-corrected chi connectivity index (χ1v) is 28.6. The Morgan fingerprint density at radius 3 is 0.362 bits per heavy atom. The standard InChI is InChI=1S/C57H117N/c1-4-7-10-13-16-19-22-25-28-31-34-37-40-43-46-49-52-55-58(56-53-50-47-44-41-38-35-32-29-26-23-20-17-14-11-8-5-2)57-54-51-48-45-42-39-36-33-30-27-24-21-18-15-12-9-6-3/h4-57H2,1-3H3. The van der Waals surface area contributed by atoms with Gasteiger partial charge in [-0.3, -0.25) is 0 Å². The molecule has 0 rings (SSSR count). The second kappa shape index (κ2) is 55.0. The van der Waals surface area contributed by atoms with Crippen molar-refractivity contribution >= 4 is 0 Å². The zero-order chi connectivity index (χ0) is 41.8. The molecule has 0 aromatic carbocycles. The van der Waals surface area contributed by atoms with Crippen LogP contribution >= 0.6 is 0 Å². The summed E-state index contributed by atoms with van der Waals surface area (Å²) in [7, 11) is 0. The van der Waals surface area contributed by atoms with Crippen molar-refractivity contribution in [2.24, 2.45) is 0 Å². The van der Waals surface area contributed by atoms with E-state index in [4.69, 9.17) is 0 Å². The molecular formula is C57H117N. The summed E-state index contributed by atoms with van der Waals surface area (Å²) in [6.45, 7) is 11.1. The molecule has 0 amide bonds. The third kappa shape index (κ3) is 52.1. The molecule has 0 saturated carbocycles. The van der Waals surface area contributed by atoms with E-state index < -0.39 is 0 Å². The number of unbranched alkanes of at least 4 members (excludes halogenated alkanes) is 48. The molecule has 0 aromatic heterocycles. The van der Waals surface area contributed by atoms with Gasteiger partial charge in [0.2, 0.25) is 0 Å². The van der Waals surface area contributed by atoms with Crippen LogP contribution in [-0.4, -0.2) is 24.5 Å². The van der Waals surface area contributed by atoms with Gasteiger partial charge in [-0.2, -0.15) is 0 Å². The minimum Gasteiger partial charge on any atom is -0.303 e. The summed E-state index contributed by atoms with van der Waals surface area (Å²) in [5.41, 5.74) is 0. The fourth-order valence-electron chi connectivity index (χ4n) is 9.52. The Morgan fingerprint density at radius 2 is 0.241 bits per heavy atom. The number of rotatable bonds is 54. The van der Waals surface area contributed by atoms with Crippen LogP contribution in [0.4, 0.5) is 0 Å². The van der Waals surface area contributed by atoms with Crippen LogP contribution in [-0.2, 0) is 0 Å². The van der Waals surface area contributed by atoms with E-state index in [0.717, 1.165) is 0 Å². The molecule has 0 aliphatic carbocycles. The molecule has 0 aliphatic rings. The summed E-state index contributed by atoms with van der Waals surface area (Å²) < 4.78 is 0. The fourth-order valence-corrected chi connectivity index (χ4v) is 9.52. The van der Waals surface area contributed by atoms with Crippen molar-refractivity contribution in [2.45, 2.75) is 348 Å². The summed E-state index contributed by atoms with van der Waals surface area (Å²) in [6.07, 6.45) is 75.0. The van der Waals surface area contributed by atoms with E-state index in [-0.39, 0.29) is 0 Å². The van der Waals surface area contributed by atoms with Crippen molar-refractivity contribution in [3.05, 3.63) is 0 Å². The maximum atomic E-state index is 2.89. The Kier molecular flexibility index (Phi) is 54.9. The monoisotopic (exact) mass is 816 g/mol. The molecule has 1 heteroatoms. The first-order chi connectivity index (χ1) is 28.8. The topological polar surface area (TPSA) is 3.24 Å².